The second-order valence-corrected chi connectivity index (χ2v) is 2.58. The number of rotatable bonds is 1. The Labute approximate surface area is 57.5 Å². The van der Waals surface area contributed by atoms with Gasteiger partial charge in [-0.05, 0) is 19.3 Å². The molecule has 10 heavy (non-hydrogen) atoms. The Balaban J connectivity index is 2.27. The van der Waals surface area contributed by atoms with Gasteiger partial charge in [0.2, 0.25) is 5.82 Å². The van der Waals surface area contributed by atoms with Crippen molar-refractivity contribution >= 4 is 0 Å². The topological polar surface area (TPSA) is 74.4 Å². The minimum atomic E-state index is -1.02. The summed E-state index contributed by atoms with van der Waals surface area (Å²) in [5, 5.41) is 24.3. The summed E-state index contributed by atoms with van der Waals surface area (Å²) in [6.07, 6.45) is 2.27. The van der Waals surface area contributed by atoms with Gasteiger partial charge < -0.3 is 0 Å². The van der Waals surface area contributed by atoms with Crippen molar-refractivity contribution in [3.05, 3.63) is 5.82 Å². The maximum atomic E-state index is 11.4. The molecule has 0 amide bonds. The molecule has 0 atom stereocenters. The lowest BCUT2D eigenvalue weighted by Crippen LogP contribution is -2.33. The molecule has 0 aromatic carbocycles. The maximum absolute atomic E-state index is 11.4. The van der Waals surface area contributed by atoms with Crippen LogP contribution in [0.1, 0.15) is 25.1 Å². The molecule has 1 aromatic heterocycles. The molecule has 53 valence electrons. The van der Waals surface area contributed by atoms with Crippen LogP contribution < -0.4 is 0 Å². The van der Waals surface area contributed by atoms with Crippen molar-refractivity contribution in [3.63, 3.8) is 0 Å². The van der Waals surface area contributed by atoms with E-state index in [0.29, 0.717) is 18.7 Å². The highest BCUT2D eigenvalue weighted by Gasteiger charge is 2.42. The molecule has 0 unspecified atom stereocenters. The van der Waals surface area contributed by atoms with Gasteiger partial charge in [-0.15, -0.1) is 10.2 Å². The number of hydrogen-bond acceptors (Lipinski definition) is 3. The fraction of sp³-hybridized carbons (Fsp3) is 0.800. The predicted octanol–water partition coefficient (Wildman–Crippen LogP) is 0.00940. The Morgan fingerprint density at radius 1 is 1.50 bits per heavy atom. The summed E-state index contributed by atoms with van der Waals surface area (Å²) in [5.74, 6) is 0.318. The van der Waals surface area contributed by atoms with E-state index >= 15 is 0 Å². The van der Waals surface area contributed by atoms with Gasteiger partial charge in [0.25, 0.3) is 0 Å². The highest BCUT2D eigenvalue weighted by molar-refractivity contribution is 5.02. The van der Waals surface area contributed by atoms with Crippen LogP contribution in [0.25, 0.3) is 0 Å². The van der Waals surface area contributed by atoms with Gasteiger partial charge in [0.15, 0.2) is 5.60 Å². The van der Waals surface area contributed by atoms with Gasteiger partial charge in [0, 0.05) is 0 Å². The number of nitrogens with one attached hydrogen (secondary N) is 1. The molecular weight excluding hydrogens is 132 g/mol. The SMILES string of the molecule is [O]C1(c2nn[nH]n2)CCC1. The summed E-state index contributed by atoms with van der Waals surface area (Å²) in [6.45, 7) is 0. The van der Waals surface area contributed by atoms with Gasteiger partial charge in [-0.1, -0.05) is 5.21 Å². The van der Waals surface area contributed by atoms with Crippen LogP contribution in [0.3, 0.4) is 0 Å². The van der Waals surface area contributed by atoms with Gasteiger partial charge in [0.05, 0.1) is 0 Å². The summed E-state index contributed by atoms with van der Waals surface area (Å²) < 4.78 is 0. The molecule has 1 heterocycles. The van der Waals surface area contributed by atoms with Gasteiger partial charge in [-0.2, -0.15) is 5.21 Å². The van der Waals surface area contributed by atoms with Crippen molar-refractivity contribution in [2.45, 2.75) is 24.9 Å². The Hall–Kier alpha value is -0.970. The van der Waals surface area contributed by atoms with E-state index in [1.165, 1.54) is 0 Å². The number of aromatic amines is 1. The van der Waals surface area contributed by atoms with Crippen LogP contribution in [0, 0.1) is 0 Å². The Bertz CT molecular complexity index is 216. The van der Waals surface area contributed by atoms with Crippen molar-refractivity contribution < 1.29 is 5.11 Å². The number of tetrazole rings is 1. The second-order valence-electron chi connectivity index (χ2n) is 2.58. The zero-order valence-electron chi connectivity index (χ0n) is 5.37. The van der Waals surface area contributed by atoms with E-state index in [-0.39, 0.29) is 0 Å². The molecule has 1 saturated carbocycles. The van der Waals surface area contributed by atoms with E-state index in [2.05, 4.69) is 20.6 Å². The van der Waals surface area contributed by atoms with Gasteiger partial charge in [-0.3, -0.25) is 0 Å². The number of hydrogen-bond donors (Lipinski definition) is 1. The molecule has 1 aliphatic carbocycles. The molecule has 0 spiro atoms. The smallest absolute Gasteiger partial charge is 0.209 e. The highest BCUT2D eigenvalue weighted by Crippen LogP contribution is 2.39. The van der Waals surface area contributed by atoms with Crippen LogP contribution in [-0.4, -0.2) is 20.6 Å². The predicted molar refractivity (Wildman–Crippen MR) is 30.4 cm³/mol. The first-order chi connectivity index (χ1) is 4.81. The first-order valence-electron chi connectivity index (χ1n) is 3.26. The third-order valence-corrected chi connectivity index (χ3v) is 1.91. The highest BCUT2D eigenvalue weighted by atomic mass is 16.3. The van der Waals surface area contributed by atoms with E-state index in [4.69, 9.17) is 0 Å². The van der Waals surface area contributed by atoms with Gasteiger partial charge in [0.1, 0.15) is 0 Å². The van der Waals surface area contributed by atoms with Crippen LogP contribution in [0.5, 0.6) is 0 Å². The Kier molecular flexibility index (Phi) is 1.02. The molecular formula is C5H7N4O. The summed E-state index contributed by atoms with van der Waals surface area (Å²) in [4.78, 5) is 0. The van der Waals surface area contributed by atoms with Crippen molar-refractivity contribution in [1.82, 2.24) is 20.6 Å². The van der Waals surface area contributed by atoms with E-state index < -0.39 is 5.60 Å². The molecule has 1 aliphatic rings. The molecule has 0 bridgehead atoms. The monoisotopic (exact) mass is 139 g/mol. The van der Waals surface area contributed by atoms with Crippen LogP contribution in [0.2, 0.25) is 0 Å². The van der Waals surface area contributed by atoms with Crippen LogP contribution in [-0.2, 0) is 10.7 Å². The molecule has 2 rings (SSSR count). The number of H-pyrrole nitrogens is 1. The van der Waals surface area contributed by atoms with Crippen LogP contribution in [0.15, 0.2) is 0 Å². The lowest BCUT2D eigenvalue weighted by atomic mass is 9.80. The fourth-order valence-corrected chi connectivity index (χ4v) is 1.08. The number of aromatic nitrogens is 4. The molecule has 1 radical (unpaired) electrons. The first kappa shape index (κ1) is 5.79. The van der Waals surface area contributed by atoms with Crippen molar-refractivity contribution in [2.24, 2.45) is 0 Å². The van der Waals surface area contributed by atoms with Crippen molar-refractivity contribution in [2.75, 3.05) is 0 Å². The summed E-state index contributed by atoms with van der Waals surface area (Å²) >= 11 is 0. The molecule has 0 aliphatic heterocycles. The van der Waals surface area contributed by atoms with Crippen molar-refractivity contribution in [1.29, 1.82) is 0 Å². The molecule has 0 saturated heterocycles. The summed E-state index contributed by atoms with van der Waals surface area (Å²) in [7, 11) is 0. The largest absolute Gasteiger partial charge is 0.221 e. The second kappa shape index (κ2) is 1.76. The van der Waals surface area contributed by atoms with E-state index in [1.54, 1.807) is 0 Å². The van der Waals surface area contributed by atoms with Crippen molar-refractivity contribution in [3.8, 4) is 0 Å². The lowest BCUT2D eigenvalue weighted by molar-refractivity contribution is -0.105. The molecule has 1 N–H and O–H groups in total. The molecule has 1 fully saturated rings. The summed E-state index contributed by atoms with van der Waals surface area (Å²) in [5.41, 5.74) is -1.02. The minimum Gasteiger partial charge on any atom is -0.221 e. The van der Waals surface area contributed by atoms with E-state index in [0.717, 1.165) is 6.42 Å². The average Bonchev–Trinajstić information content (AvgIpc) is 2.33. The molecule has 5 heteroatoms. The summed E-state index contributed by atoms with van der Waals surface area (Å²) in [6, 6.07) is 0. The van der Waals surface area contributed by atoms with E-state index in [1.807, 2.05) is 0 Å². The third-order valence-electron chi connectivity index (χ3n) is 1.91. The Morgan fingerprint density at radius 3 is 2.70 bits per heavy atom. The lowest BCUT2D eigenvalue weighted by Gasteiger charge is -2.30. The maximum Gasteiger partial charge on any atom is 0.209 e. The van der Waals surface area contributed by atoms with Gasteiger partial charge >= 0.3 is 0 Å². The van der Waals surface area contributed by atoms with Gasteiger partial charge in [-0.25, -0.2) is 5.11 Å². The Morgan fingerprint density at radius 2 is 2.30 bits per heavy atom. The normalized spacial score (nSPS) is 22.1. The van der Waals surface area contributed by atoms with Crippen LogP contribution >= 0.6 is 0 Å². The zero-order valence-corrected chi connectivity index (χ0v) is 5.37. The fourth-order valence-electron chi connectivity index (χ4n) is 1.08. The quantitative estimate of drug-likeness (QED) is 0.595. The minimum absolute atomic E-state index is 0.318. The standard InChI is InChI=1S/C5H7N4O/c10-5(2-1-3-5)4-6-8-9-7-4/h1-3H2,(H,6,7,8,9). The molecule has 5 nitrogen and oxygen atoms in total. The van der Waals surface area contributed by atoms with E-state index in [9.17, 15) is 5.11 Å². The third kappa shape index (κ3) is 0.637. The number of nitrogens with zero attached hydrogens (tertiary/aromatic N) is 3. The molecule has 1 aromatic rings. The van der Waals surface area contributed by atoms with Crippen LogP contribution in [0.4, 0.5) is 0 Å². The first-order valence-corrected chi connectivity index (χ1v) is 3.26. The zero-order chi connectivity index (χ0) is 7.03. The average molecular weight is 139 g/mol.